The summed E-state index contributed by atoms with van der Waals surface area (Å²) in [6, 6.07) is 17.5. The Morgan fingerprint density at radius 2 is 1.65 bits per heavy atom. The fourth-order valence-electron chi connectivity index (χ4n) is 2.05. The third kappa shape index (κ3) is 2.15. The summed E-state index contributed by atoms with van der Waals surface area (Å²) in [6.07, 6.45) is 0. The van der Waals surface area contributed by atoms with Gasteiger partial charge in [-0.3, -0.25) is 0 Å². The van der Waals surface area contributed by atoms with Gasteiger partial charge in [0.2, 0.25) is 0 Å². The van der Waals surface area contributed by atoms with Crippen LogP contribution in [0.2, 0.25) is 0 Å². The molecule has 5 heteroatoms. The van der Waals surface area contributed by atoms with Gasteiger partial charge in [-0.15, -0.1) is 5.10 Å². The van der Waals surface area contributed by atoms with Gasteiger partial charge in [0.15, 0.2) is 5.82 Å². The van der Waals surface area contributed by atoms with Crippen LogP contribution >= 0.6 is 0 Å². The first kappa shape index (κ1) is 12.4. The molecule has 3 rings (SSSR count). The molecule has 0 saturated heterocycles. The maximum Gasteiger partial charge on any atom is 0.155 e. The first-order valence-electron chi connectivity index (χ1n) is 6.35. The van der Waals surface area contributed by atoms with E-state index < -0.39 is 0 Å². The summed E-state index contributed by atoms with van der Waals surface area (Å²) < 4.78 is 1.63. The lowest BCUT2D eigenvalue weighted by atomic mass is 10.1. The van der Waals surface area contributed by atoms with E-state index in [4.69, 9.17) is 11.5 Å². The number of para-hydroxylation sites is 1. The van der Waals surface area contributed by atoms with E-state index in [1.807, 2.05) is 54.6 Å². The average molecular weight is 265 g/mol. The van der Waals surface area contributed by atoms with Crippen molar-refractivity contribution in [2.24, 2.45) is 5.73 Å². The predicted octanol–water partition coefficient (Wildman–Crippen LogP) is 1.98. The number of aromatic nitrogens is 3. The maximum absolute atomic E-state index is 6.15. The van der Waals surface area contributed by atoms with Crippen LogP contribution in [0.15, 0.2) is 54.6 Å². The molecule has 0 fully saturated rings. The number of hydrogen-bond acceptors (Lipinski definition) is 4. The normalized spacial score (nSPS) is 10.7. The Balaban J connectivity index is 2.01. The number of anilines is 1. The summed E-state index contributed by atoms with van der Waals surface area (Å²) in [5.74, 6) is 0.525. The first-order valence-corrected chi connectivity index (χ1v) is 6.35. The Morgan fingerprint density at radius 3 is 2.30 bits per heavy atom. The van der Waals surface area contributed by atoms with E-state index in [1.165, 1.54) is 0 Å². The van der Waals surface area contributed by atoms with Crippen LogP contribution in [0.4, 0.5) is 5.82 Å². The zero-order valence-electron chi connectivity index (χ0n) is 10.9. The molecule has 0 radical (unpaired) electrons. The van der Waals surface area contributed by atoms with Crippen molar-refractivity contribution in [1.29, 1.82) is 0 Å². The zero-order chi connectivity index (χ0) is 13.9. The molecular weight excluding hydrogens is 250 g/mol. The predicted molar refractivity (Wildman–Crippen MR) is 79.1 cm³/mol. The zero-order valence-corrected chi connectivity index (χ0v) is 10.9. The molecule has 0 aliphatic heterocycles. The molecule has 0 amide bonds. The molecule has 0 spiro atoms. The van der Waals surface area contributed by atoms with Crippen molar-refractivity contribution in [3.8, 4) is 16.9 Å². The van der Waals surface area contributed by atoms with Crippen molar-refractivity contribution >= 4 is 5.82 Å². The Bertz CT molecular complexity index is 701. The summed E-state index contributed by atoms with van der Waals surface area (Å²) in [5.41, 5.74) is 15.3. The van der Waals surface area contributed by atoms with E-state index in [-0.39, 0.29) is 0 Å². The number of hydrogen-bond donors (Lipinski definition) is 2. The highest BCUT2D eigenvalue weighted by Gasteiger charge is 2.12. The van der Waals surface area contributed by atoms with E-state index >= 15 is 0 Å². The van der Waals surface area contributed by atoms with Gasteiger partial charge in [0.05, 0.1) is 5.69 Å². The van der Waals surface area contributed by atoms with Crippen molar-refractivity contribution in [2.75, 3.05) is 5.73 Å². The molecule has 100 valence electrons. The molecule has 5 nitrogen and oxygen atoms in total. The largest absolute Gasteiger partial charge is 0.382 e. The van der Waals surface area contributed by atoms with Gasteiger partial charge in [0.1, 0.15) is 5.69 Å². The second kappa shape index (κ2) is 5.14. The van der Waals surface area contributed by atoms with E-state index in [0.717, 1.165) is 16.8 Å². The second-order valence-corrected chi connectivity index (χ2v) is 4.47. The van der Waals surface area contributed by atoms with Gasteiger partial charge in [0.25, 0.3) is 0 Å². The highest BCUT2D eigenvalue weighted by molar-refractivity contribution is 5.71. The van der Waals surface area contributed by atoms with E-state index in [9.17, 15) is 0 Å². The minimum absolute atomic E-state index is 0.520. The van der Waals surface area contributed by atoms with Crippen molar-refractivity contribution in [3.05, 3.63) is 60.2 Å². The Morgan fingerprint density at radius 1 is 0.950 bits per heavy atom. The second-order valence-electron chi connectivity index (χ2n) is 4.47. The number of rotatable bonds is 3. The lowest BCUT2D eigenvalue weighted by Gasteiger charge is -2.03. The Labute approximate surface area is 116 Å². The van der Waals surface area contributed by atoms with Crippen LogP contribution < -0.4 is 11.5 Å². The smallest absolute Gasteiger partial charge is 0.155 e. The molecule has 20 heavy (non-hydrogen) atoms. The van der Waals surface area contributed by atoms with Crippen LogP contribution in [0.25, 0.3) is 16.9 Å². The van der Waals surface area contributed by atoms with E-state index in [0.29, 0.717) is 18.1 Å². The fourth-order valence-corrected chi connectivity index (χ4v) is 2.05. The SMILES string of the molecule is NCc1ccc(-c2nnn(-c3ccccc3)c2N)cc1. The van der Waals surface area contributed by atoms with Crippen molar-refractivity contribution in [3.63, 3.8) is 0 Å². The number of nitrogen functional groups attached to an aromatic ring is 1. The first-order chi connectivity index (χ1) is 9.79. The summed E-state index contributed by atoms with van der Waals surface area (Å²) in [5, 5.41) is 8.30. The summed E-state index contributed by atoms with van der Waals surface area (Å²) >= 11 is 0. The topological polar surface area (TPSA) is 82.8 Å². The molecular formula is C15H15N5. The molecule has 2 aromatic carbocycles. The standard InChI is InChI=1S/C15H15N5/c16-10-11-6-8-12(9-7-11)14-15(17)20(19-18-14)13-4-2-1-3-5-13/h1-9H,10,16-17H2. The van der Waals surface area contributed by atoms with Crippen molar-refractivity contribution in [2.45, 2.75) is 6.54 Å². The van der Waals surface area contributed by atoms with Crippen LogP contribution in [0.1, 0.15) is 5.56 Å². The Hall–Kier alpha value is -2.66. The molecule has 1 heterocycles. The highest BCUT2D eigenvalue weighted by atomic mass is 15.5. The summed E-state index contributed by atoms with van der Waals surface area (Å²) in [7, 11) is 0. The summed E-state index contributed by atoms with van der Waals surface area (Å²) in [4.78, 5) is 0. The average Bonchev–Trinajstić information content (AvgIpc) is 2.90. The van der Waals surface area contributed by atoms with Gasteiger partial charge in [-0.05, 0) is 17.7 Å². The monoisotopic (exact) mass is 265 g/mol. The molecule has 1 aromatic heterocycles. The van der Waals surface area contributed by atoms with Gasteiger partial charge in [-0.1, -0.05) is 47.7 Å². The van der Waals surface area contributed by atoms with Crippen LogP contribution in [-0.4, -0.2) is 15.0 Å². The quantitative estimate of drug-likeness (QED) is 0.758. The van der Waals surface area contributed by atoms with E-state index in [1.54, 1.807) is 4.68 Å². The lowest BCUT2D eigenvalue weighted by Crippen LogP contribution is -2.02. The number of nitrogens with zero attached hydrogens (tertiary/aromatic N) is 3. The summed E-state index contributed by atoms with van der Waals surface area (Å²) in [6.45, 7) is 0.520. The Kier molecular flexibility index (Phi) is 3.18. The van der Waals surface area contributed by atoms with Gasteiger partial charge >= 0.3 is 0 Å². The lowest BCUT2D eigenvalue weighted by molar-refractivity contribution is 0.810. The fraction of sp³-hybridized carbons (Fsp3) is 0.0667. The minimum atomic E-state index is 0.520. The van der Waals surface area contributed by atoms with Crippen LogP contribution in [-0.2, 0) is 6.54 Å². The van der Waals surface area contributed by atoms with Gasteiger partial charge in [-0.2, -0.15) is 4.68 Å². The highest BCUT2D eigenvalue weighted by Crippen LogP contribution is 2.25. The van der Waals surface area contributed by atoms with E-state index in [2.05, 4.69) is 10.3 Å². The van der Waals surface area contributed by atoms with Crippen molar-refractivity contribution < 1.29 is 0 Å². The van der Waals surface area contributed by atoms with Crippen LogP contribution in [0.5, 0.6) is 0 Å². The molecule has 0 aliphatic carbocycles. The molecule has 0 atom stereocenters. The molecule has 4 N–H and O–H groups in total. The van der Waals surface area contributed by atoms with Crippen LogP contribution in [0, 0.1) is 0 Å². The van der Waals surface area contributed by atoms with Gasteiger partial charge < -0.3 is 11.5 Å². The molecule has 0 unspecified atom stereocenters. The number of nitrogens with two attached hydrogens (primary N) is 2. The molecule has 3 aromatic rings. The van der Waals surface area contributed by atoms with Crippen molar-refractivity contribution in [1.82, 2.24) is 15.0 Å². The maximum atomic E-state index is 6.15. The molecule has 0 saturated carbocycles. The van der Waals surface area contributed by atoms with Gasteiger partial charge in [-0.25, -0.2) is 0 Å². The third-order valence-corrected chi connectivity index (χ3v) is 3.17. The minimum Gasteiger partial charge on any atom is -0.382 e. The molecule has 0 bridgehead atoms. The number of benzene rings is 2. The van der Waals surface area contributed by atoms with Crippen LogP contribution in [0.3, 0.4) is 0 Å². The molecule has 0 aliphatic rings. The van der Waals surface area contributed by atoms with Gasteiger partial charge in [0, 0.05) is 12.1 Å². The third-order valence-electron chi connectivity index (χ3n) is 3.17.